The van der Waals surface area contributed by atoms with Crippen LogP contribution in [0.1, 0.15) is 5.56 Å². The molecule has 0 aliphatic carbocycles. The number of hydrogen-bond donors (Lipinski definition) is 0. The van der Waals surface area contributed by atoms with Crippen LogP contribution in [0.3, 0.4) is 0 Å². The van der Waals surface area contributed by atoms with Gasteiger partial charge in [-0.3, -0.25) is 0 Å². The Balaban J connectivity index is 1.13. The van der Waals surface area contributed by atoms with E-state index < -0.39 is 0 Å². The second-order valence-electron chi connectivity index (χ2n) is 14.4. The van der Waals surface area contributed by atoms with Crippen molar-refractivity contribution in [2.45, 2.75) is 0 Å². The lowest BCUT2D eigenvalue weighted by Crippen LogP contribution is -2.00. The van der Waals surface area contributed by atoms with Crippen LogP contribution in [0.2, 0.25) is 0 Å². The van der Waals surface area contributed by atoms with E-state index in [0.717, 1.165) is 66.6 Å². The summed E-state index contributed by atoms with van der Waals surface area (Å²) in [5.41, 5.74) is 11.6. The molecular formula is C52H32N6. The highest BCUT2D eigenvalue weighted by Crippen LogP contribution is 2.43. The standard InChI is InChI=1S/C52H32N6/c53-33-38-31-37(52-55-50(34-15-5-1-6-16-34)54-51(56-52)35-17-7-2-8-18-35)25-27-41(38)36-26-28-45-43(32-36)49-47(58(45)40-21-11-4-12-22-40)30-29-46-48(49)42-23-13-14-24-44(42)57(46)39-19-9-3-10-20-39/h1-32H. The van der Waals surface area contributed by atoms with Crippen molar-refractivity contribution in [1.29, 1.82) is 5.26 Å². The maximum atomic E-state index is 10.7. The lowest BCUT2D eigenvalue weighted by molar-refractivity contribution is 1.07. The Bertz CT molecular complexity index is 3320. The zero-order valence-electron chi connectivity index (χ0n) is 31.2. The van der Waals surface area contributed by atoms with Gasteiger partial charge < -0.3 is 9.13 Å². The number of aromatic nitrogens is 5. The smallest absolute Gasteiger partial charge is 0.164 e. The Morgan fingerprint density at radius 1 is 0.362 bits per heavy atom. The van der Waals surface area contributed by atoms with Gasteiger partial charge in [0.05, 0.1) is 33.7 Å². The molecule has 6 heteroatoms. The molecule has 0 aliphatic rings. The molecule has 0 unspecified atom stereocenters. The monoisotopic (exact) mass is 740 g/mol. The van der Waals surface area contributed by atoms with Gasteiger partial charge in [-0.2, -0.15) is 5.26 Å². The molecule has 0 atom stereocenters. The van der Waals surface area contributed by atoms with Crippen LogP contribution in [-0.4, -0.2) is 24.1 Å². The molecule has 0 amide bonds. The van der Waals surface area contributed by atoms with Gasteiger partial charge in [-0.05, 0) is 71.8 Å². The van der Waals surface area contributed by atoms with Gasteiger partial charge in [0.15, 0.2) is 17.5 Å². The van der Waals surface area contributed by atoms with Crippen LogP contribution in [0.4, 0.5) is 0 Å². The zero-order chi connectivity index (χ0) is 38.6. The second-order valence-corrected chi connectivity index (χ2v) is 14.4. The Morgan fingerprint density at radius 2 is 0.810 bits per heavy atom. The van der Waals surface area contributed by atoms with E-state index in [1.807, 2.05) is 78.9 Å². The first-order valence-corrected chi connectivity index (χ1v) is 19.3. The van der Waals surface area contributed by atoms with Crippen LogP contribution in [0.25, 0.3) is 100 Å². The van der Waals surface area contributed by atoms with Crippen LogP contribution >= 0.6 is 0 Å². The number of fused-ring (bicyclic) bond motifs is 7. The van der Waals surface area contributed by atoms with Gasteiger partial charge in [0.25, 0.3) is 0 Å². The Kier molecular flexibility index (Phi) is 7.76. The van der Waals surface area contributed by atoms with Crippen molar-refractivity contribution in [2.24, 2.45) is 0 Å². The molecule has 11 rings (SSSR count). The van der Waals surface area contributed by atoms with E-state index in [9.17, 15) is 5.26 Å². The molecule has 0 radical (unpaired) electrons. The van der Waals surface area contributed by atoms with E-state index in [0.29, 0.717) is 23.0 Å². The molecule has 3 aromatic heterocycles. The zero-order valence-corrected chi connectivity index (χ0v) is 31.2. The van der Waals surface area contributed by atoms with Crippen LogP contribution in [0, 0.1) is 11.3 Å². The minimum absolute atomic E-state index is 0.509. The van der Waals surface area contributed by atoms with E-state index in [2.05, 4.69) is 130 Å². The van der Waals surface area contributed by atoms with Gasteiger partial charge >= 0.3 is 0 Å². The summed E-state index contributed by atoms with van der Waals surface area (Å²) in [6, 6.07) is 69.1. The summed E-state index contributed by atoms with van der Waals surface area (Å²) in [5, 5.41) is 15.4. The third-order valence-corrected chi connectivity index (χ3v) is 11.0. The molecule has 8 aromatic carbocycles. The second kappa shape index (κ2) is 13.6. The summed E-state index contributed by atoms with van der Waals surface area (Å²) >= 11 is 0. The van der Waals surface area contributed by atoms with Crippen molar-refractivity contribution in [1.82, 2.24) is 24.1 Å². The minimum Gasteiger partial charge on any atom is -0.309 e. The lowest BCUT2D eigenvalue weighted by Gasteiger charge is -2.11. The highest BCUT2D eigenvalue weighted by molar-refractivity contribution is 6.29. The number of benzene rings is 8. The highest BCUT2D eigenvalue weighted by Gasteiger charge is 2.22. The number of rotatable bonds is 6. The largest absolute Gasteiger partial charge is 0.309 e. The molecule has 0 bridgehead atoms. The van der Waals surface area contributed by atoms with Crippen molar-refractivity contribution in [3.63, 3.8) is 0 Å². The molecule has 270 valence electrons. The van der Waals surface area contributed by atoms with E-state index in [1.54, 1.807) is 0 Å². The van der Waals surface area contributed by atoms with E-state index in [1.165, 1.54) is 16.2 Å². The van der Waals surface area contributed by atoms with Gasteiger partial charge in [0.2, 0.25) is 0 Å². The molecule has 6 nitrogen and oxygen atoms in total. The maximum Gasteiger partial charge on any atom is 0.164 e. The van der Waals surface area contributed by atoms with E-state index >= 15 is 0 Å². The molecule has 0 N–H and O–H groups in total. The van der Waals surface area contributed by atoms with Crippen LogP contribution < -0.4 is 0 Å². The first-order valence-electron chi connectivity index (χ1n) is 19.3. The molecular weight excluding hydrogens is 709 g/mol. The predicted molar refractivity (Wildman–Crippen MR) is 235 cm³/mol. The van der Waals surface area contributed by atoms with Crippen molar-refractivity contribution >= 4 is 43.6 Å². The van der Waals surface area contributed by atoms with Crippen molar-refractivity contribution in [3.8, 4) is 62.7 Å². The average molecular weight is 741 g/mol. The van der Waals surface area contributed by atoms with Gasteiger partial charge in [0, 0.05) is 49.6 Å². The van der Waals surface area contributed by atoms with Crippen molar-refractivity contribution < 1.29 is 0 Å². The van der Waals surface area contributed by atoms with Gasteiger partial charge in [-0.15, -0.1) is 0 Å². The number of para-hydroxylation sites is 3. The number of nitriles is 1. The fourth-order valence-corrected chi connectivity index (χ4v) is 8.41. The summed E-state index contributed by atoms with van der Waals surface area (Å²) in [6.45, 7) is 0. The Hall–Kier alpha value is -8.14. The first kappa shape index (κ1) is 33.2. The van der Waals surface area contributed by atoms with E-state index in [4.69, 9.17) is 15.0 Å². The van der Waals surface area contributed by atoms with Crippen molar-refractivity contribution in [2.75, 3.05) is 0 Å². The lowest BCUT2D eigenvalue weighted by atomic mass is 9.96. The van der Waals surface area contributed by atoms with E-state index in [-0.39, 0.29) is 0 Å². The summed E-state index contributed by atoms with van der Waals surface area (Å²) in [7, 11) is 0. The molecule has 0 saturated carbocycles. The molecule has 11 aromatic rings. The number of nitrogens with zero attached hydrogens (tertiary/aromatic N) is 6. The Morgan fingerprint density at radius 3 is 1.38 bits per heavy atom. The average Bonchev–Trinajstić information content (AvgIpc) is 3.82. The summed E-state index contributed by atoms with van der Waals surface area (Å²) in [4.78, 5) is 14.7. The normalized spacial score (nSPS) is 11.4. The van der Waals surface area contributed by atoms with Crippen LogP contribution in [0.5, 0.6) is 0 Å². The predicted octanol–water partition coefficient (Wildman–Crippen LogP) is 12.6. The fraction of sp³-hybridized carbons (Fsp3) is 0. The van der Waals surface area contributed by atoms with Crippen LogP contribution in [-0.2, 0) is 0 Å². The first-order chi connectivity index (χ1) is 28.7. The highest BCUT2D eigenvalue weighted by atomic mass is 15.0. The van der Waals surface area contributed by atoms with Gasteiger partial charge in [-0.25, -0.2) is 15.0 Å². The molecule has 0 fully saturated rings. The summed E-state index contributed by atoms with van der Waals surface area (Å²) in [6.07, 6.45) is 0. The SMILES string of the molecule is N#Cc1cc(-c2nc(-c3ccccc3)nc(-c3ccccc3)n2)ccc1-c1ccc2c(c1)c1c3c4ccccc4n(-c4ccccc4)c3ccc1n2-c1ccccc1. The van der Waals surface area contributed by atoms with Gasteiger partial charge in [-0.1, -0.05) is 133 Å². The number of hydrogen-bond acceptors (Lipinski definition) is 4. The minimum atomic E-state index is 0.509. The maximum absolute atomic E-state index is 10.7. The fourth-order valence-electron chi connectivity index (χ4n) is 8.41. The molecule has 3 heterocycles. The molecule has 0 spiro atoms. The quantitative estimate of drug-likeness (QED) is 0.170. The van der Waals surface area contributed by atoms with Crippen LogP contribution in [0.15, 0.2) is 194 Å². The summed E-state index contributed by atoms with van der Waals surface area (Å²) in [5.74, 6) is 1.66. The summed E-state index contributed by atoms with van der Waals surface area (Å²) < 4.78 is 4.71. The topological polar surface area (TPSA) is 72.3 Å². The van der Waals surface area contributed by atoms with Gasteiger partial charge in [0.1, 0.15) is 0 Å². The Labute approximate surface area is 334 Å². The third kappa shape index (κ3) is 5.37. The van der Waals surface area contributed by atoms with Crippen molar-refractivity contribution in [3.05, 3.63) is 200 Å². The molecule has 0 saturated heterocycles. The third-order valence-electron chi connectivity index (χ3n) is 11.0. The molecule has 58 heavy (non-hydrogen) atoms. The molecule has 0 aliphatic heterocycles.